The third-order valence-corrected chi connectivity index (χ3v) is 3.36. The van der Waals surface area contributed by atoms with Gasteiger partial charge in [-0.3, -0.25) is 10.00 Å². The van der Waals surface area contributed by atoms with Crippen molar-refractivity contribution in [3.63, 3.8) is 0 Å². The largest absolute Gasteiger partial charge is 0.480 e. The van der Waals surface area contributed by atoms with E-state index >= 15 is 0 Å². The summed E-state index contributed by atoms with van der Waals surface area (Å²) in [5, 5.41) is 7.17. The van der Waals surface area contributed by atoms with Crippen molar-refractivity contribution in [3.05, 3.63) is 11.3 Å². The van der Waals surface area contributed by atoms with E-state index in [0.717, 1.165) is 30.6 Å². The molecule has 1 saturated carbocycles. The van der Waals surface area contributed by atoms with E-state index in [0.29, 0.717) is 0 Å². The van der Waals surface area contributed by atoms with Crippen LogP contribution in [-0.2, 0) is 6.54 Å². The average Bonchev–Trinajstić information content (AvgIpc) is 3.17. The maximum absolute atomic E-state index is 5.30. The smallest absolute Gasteiger partial charge is 0.237 e. The van der Waals surface area contributed by atoms with Crippen molar-refractivity contribution < 1.29 is 4.74 Å². The Morgan fingerprint density at radius 2 is 2.05 bits per heavy atom. The summed E-state index contributed by atoms with van der Waals surface area (Å²) in [5.74, 6) is 1.68. The standard InChI is InChI=1S/C13H23N3O.C2H6/c1-4-7-16(8-11-5-6-11)9-12-10(2)14-15-13(12)17-3;1-2/h11H,4-9H2,1-3H3,(H,14,15);1-2H3. The van der Waals surface area contributed by atoms with Crippen molar-refractivity contribution in [3.8, 4) is 5.88 Å². The molecular weight excluding hydrogens is 238 g/mol. The van der Waals surface area contributed by atoms with Crippen molar-refractivity contribution in [2.24, 2.45) is 5.92 Å². The van der Waals surface area contributed by atoms with E-state index in [1.54, 1.807) is 7.11 Å². The van der Waals surface area contributed by atoms with Crippen LogP contribution in [0.25, 0.3) is 0 Å². The quantitative estimate of drug-likeness (QED) is 0.823. The van der Waals surface area contributed by atoms with Gasteiger partial charge in [-0.15, -0.1) is 5.10 Å². The molecule has 1 aromatic heterocycles. The summed E-state index contributed by atoms with van der Waals surface area (Å²) in [7, 11) is 1.68. The number of aromatic amines is 1. The molecule has 19 heavy (non-hydrogen) atoms. The summed E-state index contributed by atoms with van der Waals surface area (Å²) in [6, 6.07) is 0. The molecule has 0 atom stereocenters. The maximum Gasteiger partial charge on any atom is 0.237 e. The second-order valence-corrected chi connectivity index (χ2v) is 5.01. The SMILES string of the molecule is CC.CCCN(Cc1c(OC)n[nH]c1C)CC1CC1. The normalized spacial score (nSPS) is 14.2. The molecule has 0 bridgehead atoms. The van der Waals surface area contributed by atoms with Crippen LogP contribution in [0.5, 0.6) is 5.88 Å². The third-order valence-electron chi connectivity index (χ3n) is 3.36. The summed E-state index contributed by atoms with van der Waals surface area (Å²) < 4.78 is 5.30. The Kier molecular flexibility index (Phi) is 6.92. The predicted octanol–water partition coefficient (Wildman–Crippen LogP) is 3.37. The summed E-state index contributed by atoms with van der Waals surface area (Å²) in [4.78, 5) is 2.53. The number of ether oxygens (including phenoxy) is 1. The molecular formula is C15H29N3O. The van der Waals surface area contributed by atoms with Crippen LogP contribution in [0.4, 0.5) is 0 Å². The van der Waals surface area contributed by atoms with Crippen LogP contribution in [0, 0.1) is 12.8 Å². The molecule has 1 aliphatic rings. The molecule has 0 aromatic carbocycles. The van der Waals surface area contributed by atoms with E-state index in [4.69, 9.17) is 4.74 Å². The van der Waals surface area contributed by atoms with E-state index in [2.05, 4.69) is 28.9 Å². The number of aromatic nitrogens is 2. The highest BCUT2D eigenvalue weighted by Crippen LogP contribution is 2.31. The van der Waals surface area contributed by atoms with E-state index in [1.807, 2.05) is 13.8 Å². The van der Waals surface area contributed by atoms with Gasteiger partial charge in [0.15, 0.2) is 0 Å². The highest BCUT2D eigenvalue weighted by molar-refractivity contribution is 5.29. The zero-order valence-electron chi connectivity index (χ0n) is 13.1. The van der Waals surface area contributed by atoms with Crippen molar-refractivity contribution in [1.29, 1.82) is 0 Å². The number of nitrogens with one attached hydrogen (secondary N) is 1. The van der Waals surface area contributed by atoms with E-state index in [-0.39, 0.29) is 0 Å². The van der Waals surface area contributed by atoms with Crippen LogP contribution in [-0.4, -0.2) is 35.3 Å². The lowest BCUT2D eigenvalue weighted by Gasteiger charge is -2.21. The topological polar surface area (TPSA) is 41.1 Å². The molecule has 4 heteroatoms. The van der Waals surface area contributed by atoms with Crippen molar-refractivity contribution in [2.45, 2.75) is 53.5 Å². The fourth-order valence-corrected chi connectivity index (χ4v) is 2.23. The molecule has 2 rings (SSSR count). The summed E-state index contributed by atoms with van der Waals surface area (Å²) >= 11 is 0. The van der Waals surface area contributed by atoms with Gasteiger partial charge in [0.2, 0.25) is 5.88 Å². The van der Waals surface area contributed by atoms with Gasteiger partial charge in [-0.2, -0.15) is 0 Å². The number of H-pyrrole nitrogens is 1. The van der Waals surface area contributed by atoms with E-state index in [1.165, 1.54) is 31.4 Å². The number of aryl methyl sites for hydroxylation is 1. The summed E-state index contributed by atoms with van der Waals surface area (Å²) in [6.45, 7) is 11.6. The second-order valence-electron chi connectivity index (χ2n) is 5.01. The Hall–Kier alpha value is -1.03. The van der Waals surface area contributed by atoms with Gasteiger partial charge in [-0.05, 0) is 38.6 Å². The lowest BCUT2D eigenvalue weighted by molar-refractivity contribution is 0.250. The van der Waals surface area contributed by atoms with Gasteiger partial charge in [-0.25, -0.2) is 0 Å². The number of methoxy groups -OCH3 is 1. The molecule has 4 nitrogen and oxygen atoms in total. The monoisotopic (exact) mass is 267 g/mol. The molecule has 1 fully saturated rings. The van der Waals surface area contributed by atoms with Gasteiger partial charge in [0, 0.05) is 18.8 Å². The molecule has 110 valence electrons. The molecule has 1 N–H and O–H groups in total. The Labute approximate surface area is 117 Å². The molecule has 1 aliphatic carbocycles. The highest BCUT2D eigenvalue weighted by atomic mass is 16.5. The summed E-state index contributed by atoms with van der Waals surface area (Å²) in [6.07, 6.45) is 4.01. The lowest BCUT2D eigenvalue weighted by atomic mass is 10.2. The second kappa shape index (κ2) is 8.20. The van der Waals surface area contributed by atoms with E-state index < -0.39 is 0 Å². The van der Waals surface area contributed by atoms with Crippen LogP contribution in [0.1, 0.15) is 51.3 Å². The summed E-state index contributed by atoms with van der Waals surface area (Å²) in [5.41, 5.74) is 2.33. The first-order valence-corrected chi connectivity index (χ1v) is 7.54. The number of hydrogen-bond donors (Lipinski definition) is 1. The minimum Gasteiger partial charge on any atom is -0.480 e. The first-order chi connectivity index (χ1) is 9.24. The molecule has 0 spiro atoms. The van der Waals surface area contributed by atoms with Crippen LogP contribution < -0.4 is 4.74 Å². The van der Waals surface area contributed by atoms with E-state index in [9.17, 15) is 0 Å². The van der Waals surface area contributed by atoms with Crippen LogP contribution in [0.3, 0.4) is 0 Å². The molecule has 0 amide bonds. The van der Waals surface area contributed by atoms with Gasteiger partial charge < -0.3 is 4.74 Å². The van der Waals surface area contributed by atoms with Crippen LogP contribution in [0.15, 0.2) is 0 Å². The Morgan fingerprint density at radius 3 is 2.58 bits per heavy atom. The van der Waals surface area contributed by atoms with Crippen molar-refractivity contribution in [1.82, 2.24) is 15.1 Å². The third kappa shape index (κ3) is 4.86. The first kappa shape index (κ1) is 16.0. The van der Waals surface area contributed by atoms with Gasteiger partial charge in [0.1, 0.15) is 0 Å². The maximum atomic E-state index is 5.30. The fraction of sp³-hybridized carbons (Fsp3) is 0.800. The molecule has 1 aromatic rings. The fourth-order valence-electron chi connectivity index (χ4n) is 2.23. The van der Waals surface area contributed by atoms with Crippen molar-refractivity contribution >= 4 is 0 Å². The molecule has 0 saturated heterocycles. The van der Waals surface area contributed by atoms with Gasteiger partial charge in [0.05, 0.1) is 12.7 Å². The van der Waals surface area contributed by atoms with Crippen molar-refractivity contribution in [2.75, 3.05) is 20.2 Å². The Bertz CT molecular complexity index is 358. The van der Waals surface area contributed by atoms with Crippen LogP contribution >= 0.6 is 0 Å². The van der Waals surface area contributed by atoms with Gasteiger partial charge in [0.25, 0.3) is 0 Å². The highest BCUT2D eigenvalue weighted by Gasteiger charge is 2.25. The zero-order valence-corrected chi connectivity index (χ0v) is 13.1. The molecule has 0 unspecified atom stereocenters. The van der Waals surface area contributed by atoms with Crippen LogP contribution in [0.2, 0.25) is 0 Å². The van der Waals surface area contributed by atoms with Gasteiger partial charge >= 0.3 is 0 Å². The average molecular weight is 267 g/mol. The van der Waals surface area contributed by atoms with Gasteiger partial charge in [-0.1, -0.05) is 20.8 Å². The number of nitrogens with zero attached hydrogens (tertiary/aromatic N) is 2. The molecule has 0 aliphatic heterocycles. The Balaban J connectivity index is 0.000000861. The lowest BCUT2D eigenvalue weighted by Crippen LogP contribution is -2.26. The molecule has 1 heterocycles. The first-order valence-electron chi connectivity index (χ1n) is 7.54. The number of hydrogen-bond acceptors (Lipinski definition) is 3. The minimum absolute atomic E-state index is 0.749. The molecule has 0 radical (unpaired) electrons. The zero-order chi connectivity index (χ0) is 14.3. The predicted molar refractivity (Wildman–Crippen MR) is 79.5 cm³/mol. The minimum atomic E-state index is 0.749. The Morgan fingerprint density at radius 1 is 1.37 bits per heavy atom. The number of rotatable bonds is 7.